The zero-order valence-corrected chi connectivity index (χ0v) is 12.4. The van der Waals surface area contributed by atoms with Gasteiger partial charge in [0.1, 0.15) is 6.54 Å². The van der Waals surface area contributed by atoms with E-state index in [9.17, 15) is 14.4 Å². The monoisotopic (exact) mass is 294 g/mol. The summed E-state index contributed by atoms with van der Waals surface area (Å²) in [4.78, 5) is 34.7. The van der Waals surface area contributed by atoms with Crippen molar-refractivity contribution in [3.05, 3.63) is 35.4 Å². The molecule has 0 radical (unpaired) electrons. The number of carbonyl (C=O) groups excluding carboxylic acids is 3. The zero-order chi connectivity index (χ0) is 15.8. The molecule has 0 aliphatic carbocycles. The Kier molecular flexibility index (Phi) is 6.35. The third kappa shape index (κ3) is 5.62. The van der Waals surface area contributed by atoms with Gasteiger partial charge in [-0.15, -0.1) is 0 Å². The van der Waals surface area contributed by atoms with Crippen LogP contribution < -0.4 is 15.5 Å². The summed E-state index contributed by atoms with van der Waals surface area (Å²) in [5.74, 6) is -0.541. The summed E-state index contributed by atoms with van der Waals surface area (Å²) >= 11 is 0. The first-order chi connectivity index (χ1) is 9.96. The molecule has 0 saturated heterocycles. The van der Waals surface area contributed by atoms with Crippen molar-refractivity contribution in [2.75, 3.05) is 27.7 Å². The maximum absolute atomic E-state index is 11.5. The lowest BCUT2D eigenvalue weighted by Crippen LogP contribution is -3.08. The van der Waals surface area contributed by atoms with E-state index < -0.39 is 12.0 Å². The Balaban J connectivity index is 2.51. The van der Waals surface area contributed by atoms with Crippen molar-refractivity contribution in [2.24, 2.45) is 0 Å². The van der Waals surface area contributed by atoms with Crippen LogP contribution >= 0.6 is 0 Å². The first-order valence-electron chi connectivity index (χ1n) is 6.46. The van der Waals surface area contributed by atoms with Crippen LogP contribution in [0.5, 0.6) is 0 Å². The fourth-order valence-corrected chi connectivity index (χ4v) is 1.81. The van der Waals surface area contributed by atoms with Gasteiger partial charge in [0.05, 0.1) is 14.2 Å². The lowest BCUT2D eigenvalue weighted by Gasteiger charge is -2.13. The predicted molar refractivity (Wildman–Crippen MR) is 75.8 cm³/mol. The third-order valence-electron chi connectivity index (χ3n) is 2.84. The number of benzene rings is 1. The zero-order valence-electron chi connectivity index (χ0n) is 12.4. The highest BCUT2D eigenvalue weighted by atomic mass is 16.5. The van der Waals surface area contributed by atoms with Crippen molar-refractivity contribution < 1.29 is 24.0 Å². The Morgan fingerprint density at radius 2 is 1.81 bits per heavy atom. The number of imide groups is 1. The number of carbonyl (C=O) groups is 3. The standard InChI is InChI=1S/C14H19N3O4/c1-15-13(19)11-6-4-10(5-7-11)8-17(2)9-12(18)16-14(20)21-3/h4-7H,8-9H2,1-3H3,(H,15,19)(H,16,18,20)/p+1. The average molecular weight is 294 g/mol. The summed E-state index contributed by atoms with van der Waals surface area (Å²) in [6.07, 6.45) is -0.761. The SMILES string of the molecule is CNC(=O)c1ccc(C[NH+](C)CC(=O)NC(=O)OC)cc1. The van der Waals surface area contributed by atoms with Gasteiger partial charge in [-0.25, -0.2) is 4.79 Å². The molecule has 0 aromatic heterocycles. The number of rotatable bonds is 5. The Hall–Kier alpha value is -2.41. The summed E-state index contributed by atoms with van der Waals surface area (Å²) in [6.45, 7) is 0.745. The van der Waals surface area contributed by atoms with Gasteiger partial charge >= 0.3 is 6.09 Å². The fourth-order valence-electron chi connectivity index (χ4n) is 1.81. The molecule has 3 N–H and O–H groups in total. The number of alkyl carbamates (subject to hydrolysis) is 1. The van der Waals surface area contributed by atoms with Crippen LogP contribution in [0.15, 0.2) is 24.3 Å². The highest BCUT2D eigenvalue weighted by Crippen LogP contribution is 2.03. The van der Waals surface area contributed by atoms with Crippen molar-refractivity contribution >= 4 is 17.9 Å². The molecule has 0 aliphatic rings. The second kappa shape index (κ2) is 8.01. The van der Waals surface area contributed by atoms with E-state index in [2.05, 4.69) is 15.4 Å². The van der Waals surface area contributed by atoms with E-state index in [4.69, 9.17) is 0 Å². The first kappa shape index (κ1) is 16.6. The maximum Gasteiger partial charge on any atom is 0.413 e. The molecular formula is C14H20N3O4+. The number of hydrogen-bond donors (Lipinski definition) is 3. The van der Waals surface area contributed by atoms with E-state index in [0.717, 1.165) is 10.5 Å². The van der Waals surface area contributed by atoms with Gasteiger partial charge in [-0.2, -0.15) is 0 Å². The fraction of sp³-hybridized carbons (Fsp3) is 0.357. The first-order valence-corrected chi connectivity index (χ1v) is 6.46. The van der Waals surface area contributed by atoms with Crippen molar-refractivity contribution in [3.8, 4) is 0 Å². The number of nitrogens with one attached hydrogen (secondary N) is 3. The second-order valence-corrected chi connectivity index (χ2v) is 4.63. The van der Waals surface area contributed by atoms with Gasteiger partial charge in [-0.3, -0.25) is 14.9 Å². The van der Waals surface area contributed by atoms with E-state index in [1.807, 2.05) is 19.2 Å². The largest absolute Gasteiger partial charge is 0.453 e. The minimum atomic E-state index is -0.761. The van der Waals surface area contributed by atoms with Crippen LogP contribution in [0.2, 0.25) is 0 Å². The highest BCUT2D eigenvalue weighted by molar-refractivity contribution is 5.94. The summed E-state index contributed by atoms with van der Waals surface area (Å²) in [6, 6.07) is 7.14. The summed E-state index contributed by atoms with van der Waals surface area (Å²) in [5.41, 5.74) is 1.58. The van der Waals surface area contributed by atoms with Gasteiger partial charge in [-0.1, -0.05) is 12.1 Å². The van der Waals surface area contributed by atoms with E-state index in [-0.39, 0.29) is 12.5 Å². The van der Waals surface area contributed by atoms with Crippen LogP contribution in [0.3, 0.4) is 0 Å². The molecule has 0 saturated carbocycles. The molecule has 21 heavy (non-hydrogen) atoms. The Bertz CT molecular complexity index is 513. The van der Waals surface area contributed by atoms with E-state index in [1.165, 1.54) is 7.11 Å². The van der Waals surface area contributed by atoms with Gasteiger partial charge in [-0.05, 0) is 12.1 Å². The van der Waals surface area contributed by atoms with Crippen molar-refractivity contribution in [1.82, 2.24) is 10.6 Å². The third-order valence-corrected chi connectivity index (χ3v) is 2.84. The minimum Gasteiger partial charge on any atom is -0.453 e. The number of likely N-dealkylation sites (N-methyl/N-ethyl adjacent to an activating group) is 1. The lowest BCUT2D eigenvalue weighted by atomic mass is 10.1. The Morgan fingerprint density at radius 3 is 2.33 bits per heavy atom. The predicted octanol–water partition coefficient (Wildman–Crippen LogP) is -1.06. The molecule has 0 spiro atoms. The van der Waals surface area contributed by atoms with Crippen molar-refractivity contribution in [1.29, 1.82) is 0 Å². The van der Waals surface area contributed by atoms with Crippen molar-refractivity contribution in [3.63, 3.8) is 0 Å². The molecule has 1 aromatic rings. The van der Waals surface area contributed by atoms with Gasteiger partial charge in [0.2, 0.25) is 0 Å². The molecule has 1 aromatic carbocycles. The number of methoxy groups -OCH3 is 1. The van der Waals surface area contributed by atoms with Crippen LogP contribution in [0, 0.1) is 0 Å². The van der Waals surface area contributed by atoms with E-state index >= 15 is 0 Å². The van der Waals surface area contributed by atoms with Crippen molar-refractivity contribution in [2.45, 2.75) is 6.54 Å². The van der Waals surface area contributed by atoms with Crippen LogP contribution in [0.25, 0.3) is 0 Å². The molecule has 7 nitrogen and oxygen atoms in total. The molecule has 7 heteroatoms. The van der Waals surface area contributed by atoms with E-state index in [1.54, 1.807) is 19.2 Å². The van der Waals surface area contributed by atoms with Gasteiger partial charge in [0.25, 0.3) is 11.8 Å². The molecule has 0 fully saturated rings. The number of amides is 3. The lowest BCUT2D eigenvalue weighted by molar-refractivity contribution is -0.885. The summed E-state index contributed by atoms with van der Waals surface area (Å²) in [5, 5.41) is 4.65. The quantitative estimate of drug-likeness (QED) is 0.646. The summed E-state index contributed by atoms with van der Waals surface area (Å²) in [7, 11) is 4.62. The maximum atomic E-state index is 11.5. The second-order valence-electron chi connectivity index (χ2n) is 4.63. The Labute approximate surface area is 123 Å². The summed E-state index contributed by atoms with van der Waals surface area (Å²) < 4.78 is 4.35. The molecule has 1 atom stereocenters. The van der Waals surface area contributed by atoms with E-state index in [0.29, 0.717) is 12.1 Å². The normalized spacial score (nSPS) is 11.4. The van der Waals surface area contributed by atoms with Gasteiger partial charge in [0, 0.05) is 18.2 Å². The van der Waals surface area contributed by atoms with Gasteiger partial charge < -0.3 is 15.0 Å². The molecule has 0 aliphatic heterocycles. The number of quaternary nitrogens is 1. The average Bonchev–Trinajstić information content (AvgIpc) is 2.46. The van der Waals surface area contributed by atoms with Crippen LogP contribution in [0.1, 0.15) is 15.9 Å². The Morgan fingerprint density at radius 1 is 1.19 bits per heavy atom. The number of ether oxygens (including phenoxy) is 1. The topological polar surface area (TPSA) is 88.9 Å². The van der Waals surface area contributed by atoms with Crippen LogP contribution in [-0.2, 0) is 16.1 Å². The molecule has 0 bridgehead atoms. The van der Waals surface area contributed by atoms with Crippen LogP contribution in [-0.4, -0.2) is 45.7 Å². The molecular weight excluding hydrogens is 274 g/mol. The van der Waals surface area contributed by atoms with Gasteiger partial charge in [0.15, 0.2) is 6.54 Å². The minimum absolute atomic E-state index is 0.139. The molecule has 114 valence electrons. The molecule has 0 heterocycles. The number of hydrogen-bond acceptors (Lipinski definition) is 4. The molecule has 3 amide bonds. The smallest absolute Gasteiger partial charge is 0.413 e. The molecule has 1 unspecified atom stereocenters. The molecule has 1 rings (SSSR count). The highest BCUT2D eigenvalue weighted by Gasteiger charge is 2.13. The van der Waals surface area contributed by atoms with Crippen LogP contribution in [0.4, 0.5) is 4.79 Å².